The fourth-order valence-corrected chi connectivity index (χ4v) is 4.20. The zero-order valence-corrected chi connectivity index (χ0v) is 14.5. The van der Waals surface area contributed by atoms with Gasteiger partial charge in [-0.05, 0) is 44.9 Å². The smallest absolute Gasteiger partial charge is 0.320 e. The van der Waals surface area contributed by atoms with Gasteiger partial charge in [0.2, 0.25) is 5.91 Å². The van der Waals surface area contributed by atoms with Crippen LogP contribution < -0.4 is 5.32 Å². The van der Waals surface area contributed by atoms with E-state index >= 15 is 0 Å². The van der Waals surface area contributed by atoms with Gasteiger partial charge < -0.3 is 15.1 Å². The molecule has 1 aromatic rings. The van der Waals surface area contributed by atoms with E-state index in [9.17, 15) is 9.59 Å². The molecule has 3 fully saturated rings. The summed E-state index contributed by atoms with van der Waals surface area (Å²) in [5.41, 5.74) is -0.394. The third-order valence-corrected chi connectivity index (χ3v) is 5.88. The summed E-state index contributed by atoms with van der Waals surface area (Å²) in [6.45, 7) is 2.97. The third-order valence-electron chi connectivity index (χ3n) is 5.88. The van der Waals surface area contributed by atoms with Crippen molar-refractivity contribution in [2.45, 2.75) is 50.5 Å². The van der Waals surface area contributed by atoms with Gasteiger partial charge in [-0.25, -0.2) is 9.78 Å². The van der Waals surface area contributed by atoms with Gasteiger partial charge in [0.25, 0.3) is 0 Å². The number of carbonyl (C=O) groups excluding carboxylic acids is 2. The second-order valence-corrected chi connectivity index (χ2v) is 7.52. The number of hydrogen-bond acceptors (Lipinski definition) is 4. The van der Waals surface area contributed by atoms with Crippen LogP contribution in [0.15, 0.2) is 6.33 Å². The maximum atomic E-state index is 12.9. The van der Waals surface area contributed by atoms with E-state index in [1.165, 1.54) is 6.33 Å². The Morgan fingerprint density at radius 1 is 1.12 bits per heavy atom. The molecule has 2 aliphatic heterocycles. The molecule has 3 amide bonds. The Labute approximate surface area is 147 Å². The molecule has 2 N–H and O–H groups in total. The van der Waals surface area contributed by atoms with Crippen LogP contribution in [0.5, 0.6) is 0 Å². The molecule has 1 aromatic heterocycles. The van der Waals surface area contributed by atoms with E-state index in [0.29, 0.717) is 6.54 Å². The first kappa shape index (κ1) is 16.4. The Balaban J connectivity index is 1.39. The molecule has 3 aliphatic rings. The summed E-state index contributed by atoms with van der Waals surface area (Å²) in [7, 11) is 0. The lowest BCUT2D eigenvalue weighted by Gasteiger charge is -2.42. The number of amides is 3. The highest BCUT2D eigenvalue weighted by Gasteiger charge is 2.44. The third kappa shape index (κ3) is 3.09. The number of nitrogens with one attached hydrogen (secondary N) is 2. The van der Waals surface area contributed by atoms with Crippen LogP contribution >= 0.6 is 0 Å². The molecule has 0 spiro atoms. The number of rotatable bonds is 3. The molecule has 1 aliphatic carbocycles. The molecule has 136 valence electrons. The number of nitrogens with zero attached hydrogens (tertiary/aromatic N) is 4. The van der Waals surface area contributed by atoms with E-state index in [-0.39, 0.29) is 17.9 Å². The van der Waals surface area contributed by atoms with Crippen molar-refractivity contribution in [1.82, 2.24) is 30.3 Å². The summed E-state index contributed by atoms with van der Waals surface area (Å²) in [5.74, 6) is 0.642. The van der Waals surface area contributed by atoms with Crippen molar-refractivity contribution in [3.63, 3.8) is 0 Å². The topological polar surface area (TPSA) is 94.2 Å². The van der Waals surface area contributed by atoms with Gasteiger partial charge in [0, 0.05) is 26.2 Å². The van der Waals surface area contributed by atoms with Crippen LogP contribution in [-0.4, -0.2) is 63.1 Å². The van der Waals surface area contributed by atoms with E-state index in [2.05, 4.69) is 20.5 Å². The van der Waals surface area contributed by atoms with E-state index in [4.69, 9.17) is 0 Å². The molecular weight excluding hydrogens is 320 g/mol. The lowest BCUT2D eigenvalue weighted by Crippen LogP contribution is -2.56. The zero-order valence-electron chi connectivity index (χ0n) is 14.5. The number of hydrogen-bond donors (Lipinski definition) is 2. The quantitative estimate of drug-likeness (QED) is 0.861. The van der Waals surface area contributed by atoms with Gasteiger partial charge in [-0.15, -0.1) is 0 Å². The number of urea groups is 1. The molecule has 1 atom stereocenters. The molecule has 1 saturated carbocycles. The summed E-state index contributed by atoms with van der Waals surface area (Å²) in [4.78, 5) is 33.5. The number of aromatic nitrogens is 3. The van der Waals surface area contributed by atoms with E-state index in [0.717, 1.165) is 70.4 Å². The van der Waals surface area contributed by atoms with Crippen LogP contribution in [0.2, 0.25) is 0 Å². The first-order chi connectivity index (χ1) is 12.2. The van der Waals surface area contributed by atoms with Crippen molar-refractivity contribution in [2.24, 2.45) is 5.92 Å². The van der Waals surface area contributed by atoms with Crippen LogP contribution in [0.1, 0.15) is 50.8 Å². The van der Waals surface area contributed by atoms with Gasteiger partial charge in [0.15, 0.2) is 0 Å². The fourth-order valence-electron chi connectivity index (χ4n) is 4.20. The average Bonchev–Trinajstić information content (AvgIpc) is 3.30. The molecule has 2 saturated heterocycles. The zero-order chi connectivity index (χ0) is 17.3. The molecule has 0 radical (unpaired) electrons. The van der Waals surface area contributed by atoms with Crippen molar-refractivity contribution >= 4 is 11.9 Å². The summed E-state index contributed by atoms with van der Waals surface area (Å²) < 4.78 is 0. The normalized spacial score (nSPS) is 25.5. The lowest BCUT2D eigenvalue weighted by atomic mass is 9.75. The van der Waals surface area contributed by atoms with Gasteiger partial charge in [-0.1, -0.05) is 0 Å². The van der Waals surface area contributed by atoms with Crippen LogP contribution in [0.25, 0.3) is 0 Å². The summed E-state index contributed by atoms with van der Waals surface area (Å²) >= 11 is 0. The second kappa shape index (κ2) is 6.65. The first-order valence-corrected chi connectivity index (χ1v) is 9.40. The van der Waals surface area contributed by atoms with Crippen LogP contribution in [0.4, 0.5) is 4.79 Å². The van der Waals surface area contributed by atoms with Gasteiger partial charge >= 0.3 is 6.03 Å². The number of likely N-dealkylation sites (tertiary alicyclic amines) is 2. The number of H-pyrrole nitrogens is 1. The van der Waals surface area contributed by atoms with Gasteiger partial charge in [0.1, 0.15) is 12.2 Å². The largest absolute Gasteiger partial charge is 0.343 e. The maximum absolute atomic E-state index is 12.9. The standard InChI is InChI=1S/C17H26N6O2/c24-14(20-17(6-4-7-17)15-18-12-19-21-15)13-5-3-10-23(11-13)16(25)22-8-1-2-9-22/h12-13H,1-11H2,(H,20,24)(H,18,19,21). The van der Waals surface area contributed by atoms with Crippen molar-refractivity contribution in [2.75, 3.05) is 26.2 Å². The van der Waals surface area contributed by atoms with E-state index in [1.807, 2.05) is 9.80 Å². The van der Waals surface area contributed by atoms with Gasteiger partial charge in [-0.2, -0.15) is 5.10 Å². The minimum absolute atomic E-state index is 0.0371. The molecule has 8 nitrogen and oxygen atoms in total. The molecule has 0 bridgehead atoms. The Kier molecular flexibility index (Phi) is 4.35. The van der Waals surface area contributed by atoms with Crippen molar-refractivity contribution < 1.29 is 9.59 Å². The number of carbonyl (C=O) groups is 2. The number of aromatic amines is 1. The van der Waals surface area contributed by atoms with Crippen LogP contribution in [0, 0.1) is 5.92 Å². The predicted molar refractivity (Wildman–Crippen MR) is 90.6 cm³/mol. The first-order valence-electron chi connectivity index (χ1n) is 9.40. The number of piperidine rings is 1. The molecule has 0 aromatic carbocycles. The van der Waals surface area contributed by atoms with Crippen molar-refractivity contribution in [3.8, 4) is 0 Å². The van der Waals surface area contributed by atoms with E-state index in [1.54, 1.807) is 0 Å². The van der Waals surface area contributed by atoms with Crippen molar-refractivity contribution in [3.05, 3.63) is 12.2 Å². The highest BCUT2D eigenvalue weighted by Crippen LogP contribution is 2.39. The van der Waals surface area contributed by atoms with Gasteiger partial charge in [0.05, 0.1) is 11.5 Å². The Bertz CT molecular complexity index is 621. The Morgan fingerprint density at radius 2 is 1.88 bits per heavy atom. The molecule has 8 heteroatoms. The van der Waals surface area contributed by atoms with Crippen LogP contribution in [-0.2, 0) is 10.3 Å². The summed E-state index contributed by atoms with van der Waals surface area (Å²) in [6, 6.07) is 0.101. The molecule has 3 heterocycles. The Hall–Kier alpha value is -2.12. The molecule has 1 unspecified atom stereocenters. The molecule has 4 rings (SSSR count). The SMILES string of the molecule is O=C(NC1(c2ncn[nH]2)CCC1)C1CCCN(C(=O)N2CCCC2)C1. The second-order valence-electron chi connectivity index (χ2n) is 7.52. The lowest BCUT2D eigenvalue weighted by molar-refractivity contribution is -0.129. The molecular formula is C17H26N6O2. The fraction of sp³-hybridized carbons (Fsp3) is 0.765. The predicted octanol–water partition coefficient (Wildman–Crippen LogP) is 1.23. The monoisotopic (exact) mass is 346 g/mol. The molecule has 25 heavy (non-hydrogen) atoms. The highest BCUT2D eigenvalue weighted by atomic mass is 16.2. The van der Waals surface area contributed by atoms with Gasteiger partial charge in [-0.3, -0.25) is 9.89 Å². The minimum Gasteiger partial charge on any atom is -0.343 e. The summed E-state index contributed by atoms with van der Waals surface area (Å²) in [6.07, 6.45) is 8.22. The minimum atomic E-state index is -0.394. The maximum Gasteiger partial charge on any atom is 0.320 e. The van der Waals surface area contributed by atoms with E-state index < -0.39 is 5.54 Å². The summed E-state index contributed by atoms with van der Waals surface area (Å²) in [5, 5.41) is 10.0. The average molecular weight is 346 g/mol. The Morgan fingerprint density at radius 3 is 2.52 bits per heavy atom. The van der Waals surface area contributed by atoms with Crippen molar-refractivity contribution in [1.29, 1.82) is 0 Å². The van der Waals surface area contributed by atoms with Crippen LogP contribution in [0.3, 0.4) is 0 Å². The highest BCUT2D eigenvalue weighted by molar-refractivity contribution is 5.81.